The lowest BCUT2D eigenvalue weighted by Gasteiger charge is -2.31. The molecular formula is C19H20FNO3S. The predicted molar refractivity (Wildman–Crippen MR) is 94.4 cm³/mol. The van der Waals surface area contributed by atoms with Crippen LogP contribution in [-0.4, -0.2) is 34.5 Å². The molecule has 0 radical (unpaired) electrons. The maximum Gasteiger partial charge on any atom is 0.409 e. The van der Waals surface area contributed by atoms with Crippen LogP contribution < -0.4 is 0 Å². The molecule has 1 aliphatic heterocycles. The van der Waals surface area contributed by atoms with Crippen LogP contribution >= 0.6 is 11.8 Å². The summed E-state index contributed by atoms with van der Waals surface area (Å²) in [6, 6.07) is 14.2. The maximum absolute atomic E-state index is 12.9. The molecule has 1 fully saturated rings. The molecule has 1 saturated heterocycles. The Labute approximate surface area is 150 Å². The van der Waals surface area contributed by atoms with E-state index in [9.17, 15) is 14.3 Å². The molecular weight excluding hydrogens is 341 g/mol. The minimum absolute atomic E-state index is 0.192. The fourth-order valence-electron chi connectivity index (χ4n) is 3.02. The van der Waals surface area contributed by atoms with Crippen LogP contribution in [0.25, 0.3) is 0 Å². The van der Waals surface area contributed by atoms with Gasteiger partial charge in [-0.25, -0.2) is 9.18 Å². The lowest BCUT2D eigenvalue weighted by atomic mass is 10.1. The summed E-state index contributed by atoms with van der Waals surface area (Å²) in [7, 11) is 0. The van der Waals surface area contributed by atoms with Gasteiger partial charge in [-0.15, -0.1) is 0 Å². The van der Waals surface area contributed by atoms with Gasteiger partial charge in [0.05, 0.1) is 12.6 Å². The second kappa shape index (κ2) is 7.06. The number of benzene rings is 2. The standard InChI is InChI=1S/C19H20FNO3S/c1-19(2)21(18(22)23)15(12-24-19)11-13-3-7-16(8-4-13)25-17-9-5-14(20)6-10-17/h3-10,15H,11-12H2,1-2H3,(H,22,23)/t15-/m0/s1. The smallest absolute Gasteiger partial charge is 0.409 e. The Bertz CT molecular complexity index is 746. The summed E-state index contributed by atoms with van der Waals surface area (Å²) in [5.41, 5.74) is 0.260. The number of amides is 1. The Hall–Kier alpha value is -2.05. The monoisotopic (exact) mass is 361 g/mol. The first-order valence-electron chi connectivity index (χ1n) is 8.04. The van der Waals surface area contributed by atoms with Gasteiger partial charge in [0.15, 0.2) is 0 Å². The molecule has 2 aromatic carbocycles. The van der Waals surface area contributed by atoms with E-state index in [0.29, 0.717) is 13.0 Å². The van der Waals surface area contributed by atoms with Crippen LogP contribution in [-0.2, 0) is 11.2 Å². The average molecular weight is 361 g/mol. The second-order valence-corrected chi connectivity index (χ2v) is 7.62. The van der Waals surface area contributed by atoms with Gasteiger partial charge < -0.3 is 9.84 Å². The number of halogens is 1. The summed E-state index contributed by atoms with van der Waals surface area (Å²) in [4.78, 5) is 14.9. The summed E-state index contributed by atoms with van der Waals surface area (Å²) in [5.74, 6) is -0.246. The summed E-state index contributed by atoms with van der Waals surface area (Å²) < 4.78 is 18.6. The fourth-order valence-corrected chi connectivity index (χ4v) is 3.84. The second-order valence-electron chi connectivity index (χ2n) is 6.47. The topological polar surface area (TPSA) is 49.8 Å². The van der Waals surface area contributed by atoms with Crippen molar-refractivity contribution in [3.63, 3.8) is 0 Å². The number of nitrogens with zero attached hydrogens (tertiary/aromatic N) is 1. The van der Waals surface area contributed by atoms with Gasteiger partial charge in [-0.1, -0.05) is 23.9 Å². The largest absolute Gasteiger partial charge is 0.465 e. The zero-order valence-corrected chi connectivity index (χ0v) is 14.9. The Morgan fingerprint density at radius 2 is 1.76 bits per heavy atom. The van der Waals surface area contributed by atoms with E-state index < -0.39 is 11.8 Å². The molecule has 0 bridgehead atoms. The minimum atomic E-state index is -0.962. The Kier molecular flexibility index (Phi) is 5.01. The van der Waals surface area contributed by atoms with Gasteiger partial charge in [-0.3, -0.25) is 4.90 Å². The van der Waals surface area contributed by atoms with Crippen LogP contribution in [0.5, 0.6) is 0 Å². The van der Waals surface area contributed by atoms with E-state index in [4.69, 9.17) is 4.74 Å². The number of carboxylic acid groups (broad SMARTS) is 1. The third-order valence-electron chi connectivity index (χ3n) is 4.22. The molecule has 25 heavy (non-hydrogen) atoms. The van der Waals surface area contributed by atoms with Crippen molar-refractivity contribution < 1.29 is 19.0 Å². The average Bonchev–Trinajstić information content (AvgIpc) is 2.86. The lowest BCUT2D eigenvalue weighted by Crippen LogP contribution is -2.47. The normalized spacial score (nSPS) is 19.2. The molecule has 6 heteroatoms. The van der Waals surface area contributed by atoms with Crippen molar-refractivity contribution in [3.05, 3.63) is 59.9 Å². The molecule has 1 aliphatic rings. The van der Waals surface area contributed by atoms with Crippen molar-refractivity contribution in [1.29, 1.82) is 0 Å². The SMILES string of the molecule is CC1(C)OC[C@H](Cc2ccc(Sc3ccc(F)cc3)cc2)N1C(=O)O. The van der Waals surface area contributed by atoms with E-state index in [1.807, 2.05) is 24.3 Å². The van der Waals surface area contributed by atoms with Crippen molar-refractivity contribution in [2.24, 2.45) is 0 Å². The molecule has 1 N–H and O–H groups in total. The predicted octanol–water partition coefficient (Wildman–Crippen LogP) is 4.63. The maximum atomic E-state index is 12.9. The summed E-state index contributed by atoms with van der Waals surface area (Å²) in [6.07, 6.45) is -0.354. The number of rotatable bonds is 4. The number of ether oxygens (including phenoxy) is 1. The molecule has 0 spiro atoms. The molecule has 132 valence electrons. The van der Waals surface area contributed by atoms with Crippen molar-refractivity contribution >= 4 is 17.9 Å². The Morgan fingerprint density at radius 1 is 1.20 bits per heavy atom. The summed E-state index contributed by atoms with van der Waals surface area (Å²) >= 11 is 1.56. The van der Waals surface area contributed by atoms with Crippen LogP contribution in [0.1, 0.15) is 19.4 Å². The van der Waals surface area contributed by atoms with E-state index in [2.05, 4.69) is 0 Å². The zero-order valence-electron chi connectivity index (χ0n) is 14.1. The molecule has 1 heterocycles. The van der Waals surface area contributed by atoms with E-state index in [0.717, 1.165) is 15.4 Å². The van der Waals surface area contributed by atoms with Gasteiger partial charge in [-0.2, -0.15) is 0 Å². The first-order chi connectivity index (χ1) is 11.8. The molecule has 0 aliphatic carbocycles. The highest BCUT2D eigenvalue weighted by atomic mass is 32.2. The number of carbonyl (C=O) groups is 1. The van der Waals surface area contributed by atoms with Gasteiger partial charge >= 0.3 is 6.09 Å². The molecule has 0 aromatic heterocycles. The van der Waals surface area contributed by atoms with Crippen LogP contribution in [0.3, 0.4) is 0 Å². The van der Waals surface area contributed by atoms with Gasteiger partial charge in [-0.05, 0) is 62.2 Å². The van der Waals surface area contributed by atoms with Gasteiger partial charge in [0.25, 0.3) is 0 Å². The summed E-state index contributed by atoms with van der Waals surface area (Å²) in [6.45, 7) is 3.93. The third kappa shape index (κ3) is 4.14. The highest BCUT2D eigenvalue weighted by Gasteiger charge is 2.43. The van der Waals surface area contributed by atoms with Crippen LogP contribution in [0.15, 0.2) is 58.3 Å². The van der Waals surface area contributed by atoms with Crippen molar-refractivity contribution in [1.82, 2.24) is 4.90 Å². The van der Waals surface area contributed by atoms with Crippen molar-refractivity contribution in [2.75, 3.05) is 6.61 Å². The van der Waals surface area contributed by atoms with E-state index in [1.54, 1.807) is 37.7 Å². The third-order valence-corrected chi connectivity index (χ3v) is 5.24. The van der Waals surface area contributed by atoms with Gasteiger partial charge in [0.1, 0.15) is 11.5 Å². The summed E-state index contributed by atoms with van der Waals surface area (Å²) in [5, 5.41) is 9.44. The van der Waals surface area contributed by atoms with Crippen LogP contribution in [0.4, 0.5) is 9.18 Å². The lowest BCUT2D eigenvalue weighted by molar-refractivity contribution is -0.0419. The van der Waals surface area contributed by atoms with Gasteiger partial charge in [0.2, 0.25) is 0 Å². The Balaban J connectivity index is 1.66. The first-order valence-corrected chi connectivity index (χ1v) is 8.85. The molecule has 1 amide bonds. The fraction of sp³-hybridized carbons (Fsp3) is 0.316. The highest BCUT2D eigenvalue weighted by Crippen LogP contribution is 2.31. The molecule has 3 rings (SSSR count). The van der Waals surface area contributed by atoms with Crippen molar-refractivity contribution in [2.45, 2.75) is 41.8 Å². The zero-order chi connectivity index (χ0) is 18.0. The first kappa shape index (κ1) is 17.8. The van der Waals surface area contributed by atoms with E-state index in [1.165, 1.54) is 17.0 Å². The van der Waals surface area contributed by atoms with Crippen LogP contribution in [0.2, 0.25) is 0 Å². The van der Waals surface area contributed by atoms with Crippen LogP contribution in [0, 0.1) is 5.82 Å². The molecule has 2 aromatic rings. The Morgan fingerprint density at radius 3 is 2.32 bits per heavy atom. The number of hydrogen-bond donors (Lipinski definition) is 1. The molecule has 0 saturated carbocycles. The number of hydrogen-bond acceptors (Lipinski definition) is 3. The molecule has 0 unspecified atom stereocenters. The molecule has 1 atom stereocenters. The molecule has 4 nitrogen and oxygen atoms in total. The van der Waals surface area contributed by atoms with E-state index >= 15 is 0 Å². The highest BCUT2D eigenvalue weighted by molar-refractivity contribution is 7.99. The van der Waals surface area contributed by atoms with E-state index in [-0.39, 0.29) is 11.9 Å². The quantitative estimate of drug-likeness (QED) is 0.862. The van der Waals surface area contributed by atoms with Gasteiger partial charge in [0, 0.05) is 9.79 Å². The van der Waals surface area contributed by atoms with Crippen molar-refractivity contribution in [3.8, 4) is 0 Å². The minimum Gasteiger partial charge on any atom is -0.465 e.